The highest BCUT2D eigenvalue weighted by atomic mass is 16.5. The van der Waals surface area contributed by atoms with Crippen LogP contribution in [0.5, 0.6) is 0 Å². The summed E-state index contributed by atoms with van der Waals surface area (Å²) in [5, 5.41) is 9.08. The monoisotopic (exact) mass is 273 g/mol. The standard InChI is InChI=1S/C14H15N3O3/c1-9-4-3-5-11(6-9)14(19)20-8-13(18)15-12-7-10(2)16-17-12/h3-7H,8H2,1-2H3,(H2,15,16,17,18). The Balaban J connectivity index is 1.85. The molecular formula is C14H15N3O3. The Bertz CT molecular complexity index is 634. The molecule has 2 aromatic rings. The first-order valence-electron chi connectivity index (χ1n) is 6.10. The molecule has 0 aliphatic rings. The first-order chi connectivity index (χ1) is 9.54. The highest BCUT2D eigenvalue weighted by Crippen LogP contribution is 2.06. The van der Waals surface area contributed by atoms with Gasteiger partial charge in [-0.15, -0.1) is 0 Å². The predicted molar refractivity (Wildman–Crippen MR) is 73.4 cm³/mol. The number of hydrogen-bond donors (Lipinski definition) is 2. The summed E-state index contributed by atoms with van der Waals surface area (Å²) in [5.41, 5.74) is 2.21. The smallest absolute Gasteiger partial charge is 0.338 e. The molecule has 1 aromatic carbocycles. The van der Waals surface area contributed by atoms with Crippen LogP contribution in [-0.2, 0) is 9.53 Å². The number of ether oxygens (including phenoxy) is 1. The minimum Gasteiger partial charge on any atom is -0.452 e. The number of nitrogens with zero attached hydrogens (tertiary/aromatic N) is 1. The van der Waals surface area contributed by atoms with Gasteiger partial charge >= 0.3 is 5.97 Å². The number of H-pyrrole nitrogens is 1. The van der Waals surface area contributed by atoms with E-state index in [0.717, 1.165) is 11.3 Å². The van der Waals surface area contributed by atoms with Crippen molar-refractivity contribution in [1.29, 1.82) is 0 Å². The van der Waals surface area contributed by atoms with Crippen LogP contribution in [0.2, 0.25) is 0 Å². The summed E-state index contributed by atoms with van der Waals surface area (Å²) in [4.78, 5) is 23.3. The molecule has 0 atom stereocenters. The SMILES string of the molecule is Cc1cccc(C(=O)OCC(=O)Nc2cc(C)[nH]n2)c1. The van der Waals surface area contributed by atoms with E-state index in [2.05, 4.69) is 15.5 Å². The molecule has 0 aliphatic carbocycles. The van der Waals surface area contributed by atoms with Crippen molar-refractivity contribution in [3.8, 4) is 0 Å². The molecule has 2 N–H and O–H groups in total. The largest absolute Gasteiger partial charge is 0.452 e. The van der Waals surface area contributed by atoms with Gasteiger partial charge in [-0.25, -0.2) is 4.79 Å². The molecule has 6 nitrogen and oxygen atoms in total. The van der Waals surface area contributed by atoms with Gasteiger partial charge in [-0.1, -0.05) is 17.7 Å². The van der Waals surface area contributed by atoms with Crippen LogP contribution in [0, 0.1) is 13.8 Å². The van der Waals surface area contributed by atoms with Gasteiger partial charge in [-0.05, 0) is 26.0 Å². The first-order valence-corrected chi connectivity index (χ1v) is 6.10. The van der Waals surface area contributed by atoms with Gasteiger partial charge in [0, 0.05) is 11.8 Å². The number of nitrogens with one attached hydrogen (secondary N) is 2. The molecule has 0 aliphatic heterocycles. The summed E-state index contributed by atoms with van der Waals surface area (Å²) >= 11 is 0. The van der Waals surface area contributed by atoms with Gasteiger partial charge in [0.25, 0.3) is 5.91 Å². The van der Waals surface area contributed by atoms with E-state index in [4.69, 9.17) is 4.74 Å². The number of carbonyl (C=O) groups excluding carboxylic acids is 2. The minimum absolute atomic E-state index is 0.349. The fourth-order valence-corrected chi connectivity index (χ4v) is 1.65. The van der Waals surface area contributed by atoms with Gasteiger partial charge in [0.1, 0.15) is 0 Å². The number of aromatic amines is 1. The van der Waals surface area contributed by atoms with E-state index in [0.29, 0.717) is 11.4 Å². The van der Waals surface area contributed by atoms with Crippen molar-refractivity contribution in [2.75, 3.05) is 11.9 Å². The molecule has 20 heavy (non-hydrogen) atoms. The number of anilines is 1. The maximum atomic E-state index is 11.7. The summed E-state index contributed by atoms with van der Waals surface area (Å²) in [6, 6.07) is 8.67. The quantitative estimate of drug-likeness (QED) is 0.832. The first kappa shape index (κ1) is 13.8. The van der Waals surface area contributed by atoms with Crippen LogP contribution in [0.15, 0.2) is 30.3 Å². The average Bonchev–Trinajstić information content (AvgIpc) is 2.81. The second-order valence-corrected chi connectivity index (χ2v) is 4.43. The fraction of sp³-hybridized carbons (Fsp3) is 0.214. The van der Waals surface area contributed by atoms with Crippen molar-refractivity contribution in [1.82, 2.24) is 10.2 Å². The zero-order valence-corrected chi connectivity index (χ0v) is 11.3. The Hall–Kier alpha value is -2.63. The molecule has 6 heteroatoms. The number of benzene rings is 1. The van der Waals surface area contributed by atoms with E-state index in [1.165, 1.54) is 0 Å². The highest BCUT2D eigenvalue weighted by Gasteiger charge is 2.11. The number of aromatic nitrogens is 2. The lowest BCUT2D eigenvalue weighted by Crippen LogP contribution is -2.21. The van der Waals surface area contributed by atoms with E-state index < -0.39 is 11.9 Å². The number of esters is 1. The molecule has 0 bridgehead atoms. The Morgan fingerprint density at radius 3 is 2.75 bits per heavy atom. The van der Waals surface area contributed by atoms with Crippen LogP contribution in [0.1, 0.15) is 21.6 Å². The molecule has 1 aromatic heterocycles. The molecule has 0 saturated heterocycles. The van der Waals surface area contributed by atoms with Crippen molar-refractivity contribution in [3.05, 3.63) is 47.2 Å². The summed E-state index contributed by atoms with van der Waals surface area (Å²) in [6.07, 6.45) is 0. The third-order valence-corrected chi connectivity index (χ3v) is 2.56. The Kier molecular flexibility index (Phi) is 4.14. The molecular weight excluding hydrogens is 258 g/mol. The molecule has 0 fully saturated rings. The summed E-state index contributed by atoms with van der Waals surface area (Å²) in [7, 11) is 0. The molecule has 0 saturated carbocycles. The molecule has 0 radical (unpaired) electrons. The van der Waals surface area contributed by atoms with Gasteiger partial charge < -0.3 is 10.1 Å². The fourth-order valence-electron chi connectivity index (χ4n) is 1.65. The molecule has 104 valence electrons. The van der Waals surface area contributed by atoms with E-state index in [1.54, 1.807) is 24.3 Å². The van der Waals surface area contributed by atoms with Crippen molar-refractivity contribution in [2.45, 2.75) is 13.8 Å². The molecule has 2 rings (SSSR count). The van der Waals surface area contributed by atoms with Gasteiger partial charge in [-0.2, -0.15) is 5.10 Å². The zero-order valence-electron chi connectivity index (χ0n) is 11.3. The van der Waals surface area contributed by atoms with Crippen LogP contribution in [0.25, 0.3) is 0 Å². The second-order valence-electron chi connectivity index (χ2n) is 4.43. The Labute approximate surface area is 116 Å². The van der Waals surface area contributed by atoms with Gasteiger partial charge in [0.05, 0.1) is 5.56 Å². The Morgan fingerprint density at radius 2 is 2.10 bits per heavy atom. The number of aryl methyl sites for hydroxylation is 2. The number of amides is 1. The summed E-state index contributed by atoms with van der Waals surface area (Å²) < 4.78 is 4.93. The van der Waals surface area contributed by atoms with Gasteiger partial charge in [-0.3, -0.25) is 9.89 Å². The average molecular weight is 273 g/mol. The lowest BCUT2D eigenvalue weighted by atomic mass is 10.1. The number of rotatable bonds is 4. The third-order valence-electron chi connectivity index (χ3n) is 2.56. The summed E-state index contributed by atoms with van der Waals surface area (Å²) in [6.45, 7) is 3.35. The number of carbonyl (C=O) groups is 2. The predicted octanol–water partition coefficient (Wildman–Crippen LogP) is 1.82. The summed E-state index contributed by atoms with van der Waals surface area (Å²) in [5.74, 6) is -0.557. The van der Waals surface area contributed by atoms with E-state index in [9.17, 15) is 9.59 Å². The highest BCUT2D eigenvalue weighted by molar-refractivity contribution is 5.95. The lowest BCUT2D eigenvalue weighted by Gasteiger charge is -2.05. The maximum absolute atomic E-state index is 11.7. The van der Waals surface area contributed by atoms with Crippen LogP contribution in [0.4, 0.5) is 5.82 Å². The van der Waals surface area contributed by atoms with Crippen molar-refractivity contribution in [2.24, 2.45) is 0 Å². The van der Waals surface area contributed by atoms with Crippen LogP contribution in [0.3, 0.4) is 0 Å². The molecule has 0 spiro atoms. The van der Waals surface area contributed by atoms with Crippen molar-refractivity contribution < 1.29 is 14.3 Å². The van der Waals surface area contributed by atoms with E-state index in [1.807, 2.05) is 19.9 Å². The van der Waals surface area contributed by atoms with Crippen LogP contribution >= 0.6 is 0 Å². The lowest BCUT2D eigenvalue weighted by molar-refractivity contribution is -0.119. The zero-order chi connectivity index (χ0) is 14.5. The second kappa shape index (κ2) is 6.01. The van der Waals surface area contributed by atoms with E-state index in [-0.39, 0.29) is 6.61 Å². The molecule has 0 unspecified atom stereocenters. The Morgan fingerprint density at radius 1 is 1.30 bits per heavy atom. The molecule has 1 heterocycles. The van der Waals surface area contributed by atoms with Crippen LogP contribution in [-0.4, -0.2) is 28.7 Å². The van der Waals surface area contributed by atoms with Crippen molar-refractivity contribution in [3.63, 3.8) is 0 Å². The molecule has 1 amide bonds. The normalized spacial score (nSPS) is 10.1. The van der Waals surface area contributed by atoms with Crippen molar-refractivity contribution >= 4 is 17.7 Å². The van der Waals surface area contributed by atoms with E-state index >= 15 is 0 Å². The number of hydrogen-bond acceptors (Lipinski definition) is 4. The third kappa shape index (κ3) is 3.68. The van der Waals surface area contributed by atoms with Crippen LogP contribution < -0.4 is 5.32 Å². The minimum atomic E-state index is -0.526. The van der Waals surface area contributed by atoms with Gasteiger partial charge in [0.2, 0.25) is 0 Å². The topological polar surface area (TPSA) is 84.1 Å². The maximum Gasteiger partial charge on any atom is 0.338 e. The van der Waals surface area contributed by atoms with Gasteiger partial charge in [0.15, 0.2) is 12.4 Å².